The van der Waals surface area contributed by atoms with Crippen molar-refractivity contribution in [3.63, 3.8) is 0 Å². The van der Waals surface area contributed by atoms with Crippen LogP contribution in [0.25, 0.3) is 0 Å². The van der Waals surface area contributed by atoms with Crippen LogP contribution in [0.15, 0.2) is 35.4 Å². The number of nitrogens with zero attached hydrogens (tertiary/aromatic N) is 1. The Morgan fingerprint density at radius 3 is 3.21 bits per heavy atom. The first-order valence-electron chi connectivity index (χ1n) is 4.65. The zero-order chi connectivity index (χ0) is 9.64. The Bertz CT molecular complexity index is 303. The fraction of sp³-hybridized carbons (Fsp3) is 0.300. The Balaban J connectivity index is 1.65. The van der Waals surface area contributed by atoms with Gasteiger partial charge in [0.2, 0.25) is 0 Å². The van der Waals surface area contributed by atoms with Crippen molar-refractivity contribution in [1.82, 2.24) is 15.3 Å². The molecular formula is C10H13N3O. The molecule has 2 heterocycles. The summed E-state index contributed by atoms with van der Waals surface area (Å²) in [7, 11) is 0. The summed E-state index contributed by atoms with van der Waals surface area (Å²) >= 11 is 0. The lowest BCUT2D eigenvalue weighted by Crippen LogP contribution is -2.16. The number of nitrogens with one attached hydrogen (secondary N) is 2. The summed E-state index contributed by atoms with van der Waals surface area (Å²) in [4.78, 5) is 7.20. The average Bonchev–Trinajstić information content (AvgIpc) is 2.86. The molecular weight excluding hydrogens is 178 g/mol. The fourth-order valence-electron chi connectivity index (χ4n) is 1.27. The molecule has 14 heavy (non-hydrogen) atoms. The lowest BCUT2D eigenvalue weighted by atomic mass is 10.3. The number of rotatable bonds is 5. The lowest BCUT2D eigenvalue weighted by Gasteiger charge is -2.00. The number of furan rings is 1. The third-order valence-electron chi connectivity index (χ3n) is 2.00. The summed E-state index contributed by atoms with van der Waals surface area (Å²) < 4.78 is 4.96. The molecule has 0 aromatic carbocycles. The van der Waals surface area contributed by atoms with Gasteiger partial charge in [0.05, 0.1) is 12.5 Å². The van der Waals surface area contributed by atoms with Gasteiger partial charge in [-0.25, -0.2) is 4.98 Å². The van der Waals surface area contributed by atoms with Crippen molar-refractivity contribution in [3.05, 3.63) is 42.4 Å². The van der Waals surface area contributed by atoms with Crippen molar-refractivity contribution in [3.8, 4) is 0 Å². The molecule has 0 aliphatic carbocycles. The summed E-state index contributed by atoms with van der Waals surface area (Å²) in [5, 5.41) is 3.31. The summed E-state index contributed by atoms with van der Waals surface area (Å²) in [6, 6.07) is 1.96. The van der Waals surface area contributed by atoms with Crippen LogP contribution in [0.5, 0.6) is 0 Å². The second-order valence-corrected chi connectivity index (χ2v) is 3.09. The Morgan fingerprint density at radius 1 is 1.50 bits per heavy atom. The molecule has 0 atom stereocenters. The van der Waals surface area contributed by atoms with E-state index < -0.39 is 0 Å². The molecule has 2 N–H and O–H groups in total. The van der Waals surface area contributed by atoms with Crippen molar-refractivity contribution in [2.24, 2.45) is 0 Å². The first-order chi connectivity index (χ1) is 6.95. The topological polar surface area (TPSA) is 53.9 Å². The number of imidazole rings is 1. The molecule has 0 fully saturated rings. The molecule has 2 rings (SSSR count). The normalized spacial score (nSPS) is 10.6. The number of aromatic amines is 1. The maximum Gasteiger partial charge on any atom is 0.107 e. The molecule has 0 aliphatic rings. The zero-order valence-corrected chi connectivity index (χ0v) is 7.86. The van der Waals surface area contributed by atoms with Gasteiger partial charge in [-0.05, 0) is 6.07 Å². The summed E-state index contributed by atoms with van der Waals surface area (Å²) in [5.74, 6) is 1.02. The van der Waals surface area contributed by atoms with E-state index in [-0.39, 0.29) is 0 Å². The van der Waals surface area contributed by atoms with E-state index in [1.54, 1.807) is 18.7 Å². The van der Waals surface area contributed by atoms with Gasteiger partial charge in [0.1, 0.15) is 5.82 Å². The monoisotopic (exact) mass is 191 g/mol. The maximum atomic E-state index is 4.96. The predicted molar refractivity (Wildman–Crippen MR) is 52.7 cm³/mol. The molecule has 0 unspecified atom stereocenters. The third kappa shape index (κ3) is 2.47. The second kappa shape index (κ2) is 4.62. The quantitative estimate of drug-likeness (QED) is 0.701. The van der Waals surface area contributed by atoms with E-state index >= 15 is 0 Å². The van der Waals surface area contributed by atoms with Crippen molar-refractivity contribution < 1.29 is 4.42 Å². The van der Waals surface area contributed by atoms with Gasteiger partial charge in [0.15, 0.2) is 0 Å². The molecule has 2 aromatic heterocycles. The smallest absolute Gasteiger partial charge is 0.107 e. The molecule has 0 amide bonds. The van der Waals surface area contributed by atoms with Gasteiger partial charge in [-0.1, -0.05) is 0 Å². The minimum Gasteiger partial charge on any atom is -0.472 e. The molecule has 74 valence electrons. The summed E-state index contributed by atoms with van der Waals surface area (Å²) in [5.41, 5.74) is 1.17. The molecule has 0 bridgehead atoms. The van der Waals surface area contributed by atoms with E-state index in [9.17, 15) is 0 Å². The van der Waals surface area contributed by atoms with Crippen molar-refractivity contribution in [2.75, 3.05) is 6.54 Å². The molecule has 4 heteroatoms. The van der Waals surface area contributed by atoms with Crippen LogP contribution in [0.3, 0.4) is 0 Å². The molecule has 0 saturated heterocycles. The molecule has 0 aliphatic heterocycles. The van der Waals surface area contributed by atoms with Crippen LogP contribution in [0.1, 0.15) is 11.4 Å². The Morgan fingerprint density at radius 2 is 2.50 bits per heavy atom. The Kier molecular flexibility index (Phi) is 2.98. The van der Waals surface area contributed by atoms with Crippen LogP contribution in [-0.2, 0) is 13.0 Å². The number of hydrogen-bond donors (Lipinski definition) is 2. The average molecular weight is 191 g/mol. The summed E-state index contributed by atoms with van der Waals surface area (Å²) in [6.45, 7) is 1.76. The number of hydrogen-bond acceptors (Lipinski definition) is 3. The van der Waals surface area contributed by atoms with Gasteiger partial charge in [0, 0.05) is 37.5 Å². The van der Waals surface area contributed by atoms with E-state index in [1.165, 1.54) is 5.56 Å². The largest absolute Gasteiger partial charge is 0.472 e. The van der Waals surface area contributed by atoms with Crippen LogP contribution in [0.2, 0.25) is 0 Å². The highest BCUT2D eigenvalue weighted by Gasteiger charge is 1.95. The second-order valence-electron chi connectivity index (χ2n) is 3.09. The molecule has 0 saturated carbocycles. The van der Waals surface area contributed by atoms with Crippen molar-refractivity contribution >= 4 is 0 Å². The van der Waals surface area contributed by atoms with E-state index in [0.29, 0.717) is 0 Å². The van der Waals surface area contributed by atoms with Crippen LogP contribution in [0, 0.1) is 0 Å². The SMILES string of the molecule is c1c[nH]c(CCNCc2ccoc2)n1. The van der Waals surface area contributed by atoms with E-state index in [1.807, 2.05) is 12.3 Å². The first kappa shape index (κ1) is 9.02. The third-order valence-corrected chi connectivity index (χ3v) is 2.00. The maximum absolute atomic E-state index is 4.96. The highest BCUT2D eigenvalue weighted by atomic mass is 16.3. The molecule has 4 nitrogen and oxygen atoms in total. The Hall–Kier alpha value is -1.55. The highest BCUT2D eigenvalue weighted by molar-refractivity contribution is 5.04. The highest BCUT2D eigenvalue weighted by Crippen LogP contribution is 1.98. The van der Waals surface area contributed by atoms with Gasteiger partial charge in [-0.3, -0.25) is 0 Å². The zero-order valence-electron chi connectivity index (χ0n) is 7.86. The molecule has 2 aromatic rings. The lowest BCUT2D eigenvalue weighted by molar-refractivity contribution is 0.560. The molecule has 0 radical (unpaired) electrons. The van der Waals surface area contributed by atoms with Crippen molar-refractivity contribution in [1.29, 1.82) is 0 Å². The van der Waals surface area contributed by atoms with Crippen LogP contribution >= 0.6 is 0 Å². The van der Waals surface area contributed by atoms with Crippen molar-refractivity contribution in [2.45, 2.75) is 13.0 Å². The number of H-pyrrole nitrogens is 1. The van der Waals surface area contributed by atoms with Crippen LogP contribution in [0.4, 0.5) is 0 Å². The van der Waals surface area contributed by atoms with Gasteiger partial charge in [0.25, 0.3) is 0 Å². The van der Waals surface area contributed by atoms with Gasteiger partial charge in [-0.15, -0.1) is 0 Å². The first-order valence-corrected chi connectivity index (χ1v) is 4.65. The summed E-state index contributed by atoms with van der Waals surface area (Å²) in [6.07, 6.45) is 7.96. The van der Waals surface area contributed by atoms with Gasteiger partial charge >= 0.3 is 0 Å². The van der Waals surface area contributed by atoms with Crippen LogP contribution in [-0.4, -0.2) is 16.5 Å². The minimum absolute atomic E-state index is 0.844. The van der Waals surface area contributed by atoms with E-state index in [0.717, 1.165) is 25.3 Å². The van der Waals surface area contributed by atoms with E-state index in [2.05, 4.69) is 15.3 Å². The van der Waals surface area contributed by atoms with E-state index in [4.69, 9.17) is 4.42 Å². The van der Waals surface area contributed by atoms with Crippen LogP contribution < -0.4 is 5.32 Å². The minimum atomic E-state index is 0.844. The van der Waals surface area contributed by atoms with Gasteiger partial charge in [-0.2, -0.15) is 0 Å². The standard InChI is InChI=1S/C10H13N3O/c1(10-12-4-5-13-10)3-11-7-9-2-6-14-8-9/h2,4-6,8,11H,1,3,7H2,(H,12,13). The molecule has 0 spiro atoms. The fourth-order valence-corrected chi connectivity index (χ4v) is 1.27. The Labute approximate surface area is 82.4 Å². The predicted octanol–water partition coefficient (Wildman–Crippen LogP) is 1.33. The number of aromatic nitrogens is 2. The van der Waals surface area contributed by atoms with Gasteiger partial charge < -0.3 is 14.7 Å².